The van der Waals surface area contributed by atoms with E-state index in [-0.39, 0.29) is 42.2 Å². The quantitative estimate of drug-likeness (QED) is 0.319. The molecule has 0 saturated carbocycles. The molecule has 2 N–H and O–H groups in total. The summed E-state index contributed by atoms with van der Waals surface area (Å²) < 4.78 is 10.3. The summed E-state index contributed by atoms with van der Waals surface area (Å²) in [5, 5.41) is 6.92. The van der Waals surface area contributed by atoms with Crippen LogP contribution in [0.3, 0.4) is 0 Å². The van der Waals surface area contributed by atoms with Crippen molar-refractivity contribution in [3.05, 3.63) is 29.8 Å². The Hall–Kier alpha value is -1.75. The first kappa shape index (κ1) is 26.3. The van der Waals surface area contributed by atoms with Gasteiger partial charge < -0.3 is 29.9 Å². The molecule has 30 heavy (non-hydrogen) atoms. The third-order valence-corrected chi connectivity index (χ3v) is 5.17. The number of likely N-dealkylation sites (tertiary alicyclic amines) is 1. The van der Waals surface area contributed by atoms with E-state index in [1.807, 2.05) is 19.1 Å². The second-order valence-corrected chi connectivity index (χ2v) is 7.31. The number of carbonyl (C=O) groups is 1. The van der Waals surface area contributed by atoms with Crippen molar-refractivity contribution < 1.29 is 14.3 Å². The molecule has 0 radical (unpaired) electrons. The topological polar surface area (TPSA) is 78.4 Å². The Morgan fingerprint density at radius 2 is 1.90 bits per heavy atom. The second kappa shape index (κ2) is 13.5. The first-order valence-corrected chi connectivity index (χ1v) is 10.2. The first-order chi connectivity index (χ1) is 14.0. The van der Waals surface area contributed by atoms with Crippen LogP contribution in [0.4, 0.5) is 4.79 Å². The van der Waals surface area contributed by atoms with Crippen molar-refractivity contribution in [3.63, 3.8) is 0 Å². The van der Waals surface area contributed by atoms with Crippen LogP contribution in [0.25, 0.3) is 0 Å². The van der Waals surface area contributed by atoms with Gasteiger partial charge in [0.25, 0.3) is 0 Å². The van der Waals surface area contributed by atoms with Crippen LogP contribution < -0.4 is 15.4 Å². The van der Waals surface area contributed by atoms with E-state index in [0.717, 1.165) is 31.1 Å². The maximum Gasteiger partial charge on any atom is 0.409 e. The summed E-state index contributed by atoms with van der Waals surface area (Å²) in [5.74, 6) is 1.63. The fourth-order valence-electron chi connectivity index (χ4n) is 3.43. The number of halogens is 1. The number of aliphatic imine (C=N–C) groups is 1. The molecule has 1 aliphatic rings. The highest BCUT2D eigenvalue weighted by atomic mass is 127. The molecule has 8 nitrogen and oxygen atoms in total. The van der Waals surface area contributed by atoms with E-state index in [0.29, 0.717) is 19.7 Å². The molecule has 1 unspecified atom stereocenters. The van der Waals surface area contributed by atoms with Gasteiger partial charge in [0, 0.05) is 32.7 Å². The van der Waals surface area contributed by atoms with E-state index in [1.165, 1.54) is 5.56 Å². The third kappa shape index (κ3) is 7.82. The van der Waals surface area contributed by atoms with Crippen LogP contribution in [0.15, 0.2) is 29.3 Å². The Morgan fingerprint density at radius 1 is 1.27 bits per heavy atom. The summed E-state index contributed by atoms with van der Waals surface area (Å²) in [6.45, 7) is 4.35. The third-order valence-electron chi connectivity index (χ3n) is 5.17. The van der Waals surface area contributed by atoms with Gasteiger partial charge in [0.2, 0.25) is 0 Å². The number of nitrogens with zero attached hydrogens (tertiary/aromatic N) is 3. The number of amides is 1. The molecule has 1 atom stereocenters. The van der Waals surface area contributed by atoms with Gasteiger partial charge in [0.05, 0.1) is 19.8 Å². The minimum Gasteiger partial charge on any atom is -0.497 e. The zero-order chi connectivity index (χ0) is 21.2. The molecule has 170 valence electrons. The van der Waals surface area contributed by atoms with Crippen LogP contribution in [0.5, 0.6) is 5.75 Å². The van der Waals surface area contributed by atoms with Crippen molar-refractivity contribution in [2.75, 3.05) is 54.5 Å². The molecule has 9 heteroatoms. The molecule has 0 spiro atoms. The highest BCUT2D eigenvalue weighted by Crippen LogP contribution is 2.20. The van der Waals surface area contributed by atoms with Crippen LogP contribution in [0.2, 0.25) is 0 Å². The minimum atomic E-state index is -0.221. The molecule has 0 aliphatic carbocycles. The molecule has 0 aromatic heterocycles. The summed E-state index contributed by atoms with van der Waals surface area (Å²) >= 11 is 0. The maximum absolute atomic E-state index is 11.8. The Morgan fingerprint density at radius 3 is 2.40 bits per heavy atom. The summed E-state index contributed by atoms with van der Waals surface area (Å²) in [7, 11) is 7.59. The molecule has 0 bridgehead atoms. The van der Waals surface area contributed by atoms with E-state index >= 15 is 0 Å². The standard InChI is InChI=1S/C21H35N5O3.HI/c1-6-29-21(27)26-13-11-17(12-14-26)24-20(22-2)23-15-19(25(3)4)16-7-9-18(28-5)10-8-16;/h7-10,17,19H,6,11-15H2,1-5H3,(H2,22,23,24);1H. The molecule has 1 amide bonds. The number of nitrogens with one attached hydrogen (secondary N) is 2. The van der Waals surface area contributed by atoms with Crippen molar-refractivity contribution in [1.82, 2.24) is 20.4 Å². The average Bonchev–Trinajstić information content (AvgIpc) is 2.73. The van der Waals surface area contributed by atoms with Crippen LogP contribution in [0.1, 0.15) is 31.4 Å². The van der Waals surface area contributed by atoms with E-state index in [1.54, 1.807) is 19.1 Å². The molecule has 1 aromatic carbocycles. The lowest BCUT2D eigenvalue weighted by Crippen LogP contribution is -2.50. The molecule has 1 aromatic rings. The first-order valence-electron chi connectivity index (χ1n) is 10.2. The number of benzene rings is 1. The predicted octanol–water partition coefficient (Wildman–Crippen LogP) is 2.70. The minimum absolute atomic E-state index is 0. The monoisotopic (exact) mass is 533 g/mol. The summed E-state index contributed by atoms with van der Waals surface area (Å²) in [4.78, 5) is 20.2. The smallest absolute Gasteiger partial charge is 0.409 e. The molecule has 1 aliphatic heterocycles. The number of guanidine groups is 1. The zero-order valence-electron chi connectivity index (χ0n) is 18.7. The summed E-state index contributed by atoms with van der Waals surface area (Å²) in [6.07, 6.45) is 1.52. The largest absolute Gasteiger partial charge is 0.497 e. The van der Waals surface area contributed by atoms with Gasteiger partial charge in [0.1, 0.15) is 5.75 Å². The molecule has 1 saturated heterocycles. The van der Waals surface area contributed by atoms with Crippen molar-refractivity contribution >= 4 is 36.0 Å². The van der Waals surface area contributed by atoms with Gasteiger partial charge in [-0.1, -0.05) is 12.1 Å². The van der Waals surface area contributed by atoms with Crippen molar-refractivity contribution in [2.24, 2.45) is 4.99 Å². The average molecular weight is 533 g/mol. The van der Waals surface area contributed by atoms with Crippen LogP contribution in [-0.4, -0.2) is 82.4 Å². The molecule has 1 heterocycles. The Bertz CT molecular complexity index is 661. The number of rotatable bonds is 7. The zero-order valence-corrected chi connectivity index (χ0v) is 21.0. The number of carbonyl (C=O) groups excluding carboxylic acids is 1. The molecular formula is C21H36IN5O3. The Kier molecular flexibility index (Phi) is 11.9. The van der Waals surface area contributed by atoms with Crippen molar-refractivity contribution in [1.29, 1.82) is 0 Å². The van der Waals surface area contributed by atoms with Crippen molar-refractivity contribution in [3.8, 4) is 5.75 Å². The SMILES string of the molecule is CCOC(=O)N1CCC(NC(=NC)NCC(c2ccc(OC)cc2)N(C)C)CC1.I. The number of ether oxygens (including phenoxy) is 2. The fraction of sp³-hybridized carbons (Fsp3) is 0.619. The highest BCUT2D eigenvalue weighted by molar-refractivity contribution is 14.0. The van der Waals surface area contributed by atoms with Gasteiger partial charge in [-0.3, -0.25) is 4.99 Å². The van der Waals surface area contributed by atoms with E-state index in [2.05, 4.69) is 46.8 Å². The van der Waals surface area contributed by atoms with Gasteiger partial charge in [0.15, 0.2) is 5.96 Å². The lowest BCUT2D eigenvalue weighted by atomic mass is 10.1. The lowest BCUT2D eigenvalue weighted by molar-refractivity contribution is 0.0963. The van der Waals surface area contributed by atoms with Gasteiger partial charge in [-0.25, -0.2) is 4.79 Å². The van der Waals surface area contributed by atoms with Crippen LogP contribution in [-0.2, 0) is 4.74 Å². The van der Waals surface area contributed by atoms with Crippen LogP contribution >= 0.6 is 24.0 Å². The molecule has 2 rings (SSSR count). The fourth-order valence-corrected chi connectivity index (χ4v) is 3.43. The van der Waals surface area contributed by atoms with E-state index in [9.17, 15) is 4.79 Å². The second-order valence-electron chi connectivity index (χ2n) is 7.31. The Balaban J connectivity index is 0.00000450. The summed E-state index contributed by atoms with van der Waals surface area (Å²) in [6, 6.07) is 8.63. The Labute approximate surface area is 197 Å². The van der Waals surface area contributed by atoms with E-state index < -0.39 is 0 Å². The van der Waals surface area contributed by atoms with E-state index in [4.69, 9.17) is 9.47 Å². The lowest BCUT2D eigenvalue weighted by Gasteiger charge is -2.33. The van der Waals surface area contributed by atoms with Crippen molar-refractivity contribution in [2.45, 2.75) is 31.8 Å². The number of likely N-dealkylation sites (N-methyl/N-ethyl adjacent to an activating group) is 1. The number of hydrogen-bond acceptors (Lipinski definition) is 5. The predicted molar refractivity (Wildman–Crippen MR) is 131 cm³/mol. The number of piperidine rings is 1. The highest BCUT2D eigenvalue weighted by Gasteiger charge is 2.24. The number of methoxy groups -OCH3 is 1. The van der Waals surface area contributed by atoms with Gasteiger partial charge in [-0.2, -0.15) is 0 Å². The molecular weight excluding hydrogens is 497 g/mol. The number of hydrogen-bond donors (Lipinski definition) is 2. The molecule has 1 fully saturated rings. The maximum atomic E-state index is 11.8. The van der Waals surface area contributed by atoms with Gasteiger partial charge in [-0.15, -0.1) is 24.0 Å². The van der Waals surface area contributed by atoms with Gasteiger partial charge in [-0.05, 0) is 51.6 Å². The van der Waals surface area contributed by atoms with Gasteiger partial charge >= 0.3 is 6.09 Å². The normalized spacial score (nSPS) is 15.9. The van der Waals surface area contributed by atoms with Crippen LogP contribution in [0, 0.1) is 0 Å². The summed E-state index contributed by atoms with van der Waals surface area (Å²) in [5.41, 5.74) is 1.21.